The molecule has 0 aliphatic carbocycles. The van der Waals surface area contributed by atoms with Gasteiger partial charge < -0.3 is 5.32 Å². The van der Waals surface area contributed by atoms with Gasteiger partial charge in [-0.3, -0.25) is 4.68 Å². The highest BCUT2D eigenvalue weighted by atomic mass is 15.3. The van der Waals surface area contributed by atoms with Gasteiger partial charge in [0.2, 0.25) is 0 Å². The standard InChI is InChI=1S/C14H27N3/c1-7-17-13(6)14(12(5)16-17)11(4)15-9-8-10(2)3/h10-11,15H,7-9H2,1-6H3. The van der Waals surface area contributed by atoms with E-state index in [1.807, 2.05) is 0 Å². The van der Waals surface area contributed by atoms with Crippen molar-refractivity contribution < 1.29 is 0 Å². The third-order valence-corrected chi connectivity index (χ3v) is 3.34. The first-order chi connectivity index (χ1) is 7.97. The Morgan fingerprint density at radius 1 is 1.24 bits per heavy atom. The van der Waals surface area contributed by atoms with Crippen molar-refractivity contribution in [3.63, 3.8) is 0 Å². The third kappa shape index (κ3) is 3.56. The Morgan fingerprint density at radius 2 is 1.88 bits per heavy atom. The molecule has 0 bridgehead atoms. The summed E-state index contributed by atoms with van der Waals surface area (Å²) < 4.78 is 2.09. The molecule has 0 fully saturated rings. The van der Waals surface area contributed by atoms with Crippen LogP contribution in [0.3, 0.4) is 0 Å². The van der Waals surface area contributed by atoms with Crippen molar-refractivity contribution in [2.24, 2.45) is 5.92 Å². The molecule has 0 saturated heterocycles. The molecule has 1 N–H and O–H groups in total. The fourth-order valence-corrected chi connectivity index (χ4v) is 2.34. The summed E-state index contributed by atoms with van der Waals surface area (Å²) in [5.41, 5.74) is 3.83. The number of hydrogen-bond donors (Lipinski definition) is 1. The molecule has 1 heterocycles. The van der Waals surface area contributed by atoms with Gasteiger partial charge in [-0.15, -0.1) is 0 Å². The maximum atomic E-state index is 4.57. The fraction of sp³-hybridized carbons (Fsp3) is 0.786. The summed E-state index contributed by atoms with van der Waals surface area (Å²) in [4.78, 5) is 0. The first kappa shape index (κ1) is 14.2. The smallest absolute Gasteiger partial charge is 0.0644 e. The van der Waals surface area contributed by atoms with Crippen molar-refractivity contribution >= 4 is 0 Å². The Hall–Kier alpha value is -0.830. The summed E-state index contributed by atoms with van der Waals surface area (Å²) in [7, 11) is 0. The maximum absolute atomic E-state index is 4.57. The second-order valence-electron chi connectivity index (χ2n) is 5.26. The van der Waals surface area contributed by atoms with Crippen LogP contribution in [0.15, 0.2) is 0 Å². The Labute approximate surface area is 106 Å². The Bertz CT molecular complexity index is 353. The van der Waals surface area contributed by atoms with Crippen molar-refractivity contribution in [2.75, 3.05) is 6.54 Å². The molecule has 1 atom stereocenters. The molecule has 3 nitrogen and oxygen atoms in total. The van der Waals surface area contributed by atoms with Crippen LogP contribution in [0.1, 0.15) is 57.1 Å². The van der Waals surface area contributed by atoms with E-state index in [1.165, 1.54) is 17.7 Å². The van der Waals surface area contributed by atoms with Crippen LogP contribution in [-0.2, 0) is 6.54 Å². The van der Waals surface area contributed by atoms with Crippen LogP contribution in [0.5, 0.6) is 0 Å². The average Bonchev–Trinajstić information content (AvgIpc) is 2.53. The van der Waals surface area contributed by atoms with Crippen molar-refractivity contribution in [1.82, 2.24) is 15.1 Å². The van der Waals surface area contributed by atoms with E-state index < -0.39 is 0 Å². The molecule has 0 spiro atoms. The SMILES string of the molecule is CCn1nc(C)c(C(C)NCCC(C)C)c1C. The number of hydrogen-bond acceptors (Lipinski definition) is 2. The lowest BCUT2D eigenvalue weighted by Crippen LogP contribution is -2.22. The van der Waals surface area contributed by atoms with Crippen LogP contribution in [0.2, 0.25) is 0 Å². The topological polar surface area (TPSA) is 29.9 Å². The van der Waals surface area contributed by atoms with E-state index in [2.05, 4.69) is 56.6 Å². The summed E-state index contributed by atoms with van der Waals surface area (Å²) in [6.07, 6.45) is 1.23. The van der Waals surface area contributed by atoms with Crippen LogP contribution >= 0.6 is 0 Å². The van der Waals surface area contributed by atoms with Gasteiger partial charge >= 0.3 is 0 Å². The van der Waals surface area contributed by atoms with Gasteiger partial charge in [0.1, 0.15) is 0 Å². The molecule has 0 aliphatic rings. The molecule has 0 amide bonds. The summed E-state index contributed by atoms with van der Waals surface area (Å²) in [5.74, 6) is 0.759. The molecular formula is C14H27N3. The van der Waals surface area contributed by atoms with E-state index in [9.17, 15) is 0 Å². The first-order valence-corrected chi connectivity index (χ1v) is 6.74. The minimum Gasteiger partial charge on any atom is -0.310 e. The molecular weight excluding hydrogens is 210 g/mol. The van der Waals surface area contributed by atoms with Gasteiger partial charge in [-0.2, -0.15) is 5.10 Å². The highest BCUT2D eigenvalue weighted by Crippen LogP contribution is 2.21. The maximum Gasteiger partial charge on any atom is 0.0644 e. The zero-order chi connectivity index (χ0) is 13.0. The monoisotopic (exact) mass is 237 g/mol. The lowest BCUT2D eigenvalue weighted by molar-refractivity contribution is 0.494. The predicted octanol–water partition coefficient (Wildman–Crippen LogP) is 3.22. The predicted molar refractivity (Wildman–Crippen MR) is 73.2 cm³/mol. The number of rotatable bonds is 6. The Balaban J connectivity index is 2.68. The van der Waals surface area contributed by atoms with Crippen LogP contribution in [-0.4, -0.2) is 16.3 Å². The number of aromatic nitrogens is 2. The summed E-state index contributed by atoms with van der Waals surface area (Å²) >= 11 is 0. The number of nitrogens with one attached hydrogen (secondary N) is 1. The zero-order valence-electron chi connectivity index (χ0n) is 12.2. The van der Waals surface area contributed by atoms with Gasteiger partial charge in [0, 0.05) is 23.8 Å². The van der Waals surface area contributed by atoms with Gasteiger partial charge in [-0.25, -0.2) is 0 Å². The minimum absolute atomic E-state index is 0.397. The van der Waals surface area contributed by atoms with Crippen molar-refractivity contribution in [3.8, 4) is 0 Å². The van der Waals surface area contributed by atoms with Gasteiger partial charge in [-0.1, -0.05) is 13.8 Å². The van der Waals surface area contributed by atoms with Gasteiger partial charge in [0.15, 0.2) is 0 Å². The van der Waals surface area contributed by atoms with Crippen LogP contribution < -0.4 is 5.32 Å². The molecule has 0 saturated carbocycles. The summed E-state index contributed by atoms with van der Waals surface area (Å²) in [6.45, 7) is 15.2. The van der Waals surface area contributed by atoms with Gasteiger partial charge in [-0.05, 0) is 46.6 Å². The lowest BCUT2D eigenvalue weighted by atomic mass is 10.1. The van der Waals surface area contributed by atoms with E-state index >= 15 is 0 Å². The molecule has 0 aliphatic heterocycles. The number of nitrogens with zero attached hydrogens (tertiary/aromatic N) is 2. The molecule has 17 heavy (non-hydrogen) atoms. The van der Waals surface area contributed by atoms with Crippen LogP contribution in [0, 0.1) is 19.8 Å². The molecule has 0 aromatic carbocycles. The summed E-state index contributed by atoms with van der Waals surface area (Å²) in [6, 6.07) is 0.397. The second-order valence-corrected chi connectivity index (χ2v) is 5.26. The lowest BCUT2D eigenvalue weighted by Gasteiger charge is -2.15. The van der Waals surface area contributed by atoms with E-state index in [1.54, 1.807) is 0 Å². The molecule has 1 rings (SSSR count). The largest absolute Gasteiger partial charge is 0.310 e. The second kappa shape index (κ2) is 6.20. The molecule has 1 unspecified atom stereocenters. The molecule has 98 valence electrons. The highest BCUT2D eigenvalue weighted by molar-refractivity contribution is 5.27. The molecule has 0 radical (unpaired) electrons. The van der Waals surface area contributed by atoms with E-state index in [4.69, 9.17) is 0 Å². The van der Waals surface area contributed by atoms with Gasteiger partial charge in [0.05, 0.1) is 5.69 Å². The molecule has 1 aromatic rings. The average molecular weight is 237 g/mol. The zero-order valence-corrected chi connectivity index (χ0v) is 12.2. The quantitative estimate of drug-likeness (QED) is 0.823. The van der Waals surface area contributed by atoms with E-state index in [0.29, 0.717) is 6.04 Å². The van der Waals surface area contributed by atoms with E-state index in [0.717, 1.165) is 24.7 Å². The third-order valence-electron chi connectivity index (χ3n) is 3.34. The Kier molecular flexibility index (Phi) is 5.19. The fourth-order valence-electron chi connectivity index (χ4n) is 2.34. The minimum atomic E-state index is 0.397. The molecule has 1 aromatic heterocycles. The Morgan fingerprint density at radius 3 is 2.35 bits per heavy atom. The first-order valence-electron chi connectivity index (χ1n) is 6.74. The van der Waals surface area contributed by atoms with Crippen molar-refractivity contribution in [2.45, 2.75) is 60.5 Å². The van der Waals surface area contributed by atoms with Crippen molar-refractivity contribution in [3.05, 3.63) is 17.0 Å². The number of aryl methyl sites for hydroxylation is 2. The van der Waals surface area contributed by atoms with E-state index in [-0.39, 0.29) is 0 Å². The summed E-state index contributed by atoms with van der Waals surface area (Å²) in [5, 5.41) is 8.17. The van der Waals surface area contributed by atoms with Crippen molar-refractivity contribution in [1.29, 1.82) is 0 Å². The normalized spacial score (nSPS) is 13.4. The highest BCUT2D eigenvalue weighted by Gasteiger charge is 2.16. The van der Waals surface area contributed by atoms with Crippen LogP contribution in [0.25, 0.3) is 0 Å². The molecule has 3 heteroatoms. The van der Waals surface area contributed by atoms with Gasteiger partial charge in [0.25, 0.3) is 0 Å². The van der Waals surface area contributed by atoms with Crippen LogP contribution in [0.4, 0.5) is 0 Å².